The average molecular weight is 219 g/mol. The first-order valence-electron chi connectivity index (χ1n) is 3.16. The monoisotopic (exact) mass is 219 g/mol. The molecule has 4 N–H and O–H groups in total. The fourth-order valence-corrected chi connectivity index (χ4v) is 1.01. The van der Waals surface area contributed by atoms with Gasteiger partial charge in [-0.1, -0.05) is 0 Å². The normalized spacial score (nSPS) is 9.93. The van der Waals surface area contributed by atoms with Gasteiger partial charge in [-0.3, -0.25) is 14.6 Å². The molecule has 8 heteroatoms. The van der Waals surface area contributed by atoms with Crippen LogP contribution in [0.1, 0.15) is 0 Å². The van der Waals surface area contributed by atoms with E-state index in [1.807, 2.05) is 0 Å². The maximum Gasteiger partial charge on any atom is 0.539 e. The standard InChI is InChI=1S/C6H4NO5P.H3N/c8-7(9)5-1-3-6(4-2-5)12-13(10)11;/h1-4H;1H3/p+1. The average Bonchev–Trinajstić information content (AvgIpc) is 2.04. The highest BCUT2D eigenvalue weighted by Gasteiger charge is 2.08. The molecule has 0 aliphatic carbocycles. The molecule has 0 radical (unpaired) electrons. The van der Waals surface area contributed by atoms with Gasteiger partial charge in [-0.2, -0.15) is 0 Å². The van der Waals surface area contributed by atoms with Crippen molar-refractivity contribution in [1.82, 2.24) is 6.15 Å². The number of hydrogen-bond donors (Lipinski definition) is 1. The Kier molecular flexibility index (Phi) is 4.65. The van der Waals surface area contributed by atoms with E-state index in [-0.39, 0.29) is 17.6 Å². The van der Waals surface area contributed by atoms with E-state index < -0.39 is 13.2 Å². The van der Waals surface area contributed by atoms with Gasteiger partial charge in [0, 0.05) is 12.1 Å². The molecule has 0 fully saturated rings. The molecule has 0 aliphatic heterocycles. The Morgan fingerprint density at radius 1 is 1.29 bits per heavy atom. The molecule has 0 amide bonds. The van der Waals surface area contributed by atoms with Crippen LogP contribution in [0, 0.1) is 10.1 Å². The number of quaternary nitrogens is 1. The van der Waals surface area contributed by atoms with Crippen LogP contribution in [-0.2, 0) is 4.57 Å². The van der Waals surface area contributed by atoms with Crippen LogP contribution in [0.5, 0.6) is 5.75 Å². The molecule has 76 valence electrons. The van der Waals surface area contributed by atoms with Crippen molar-refractivity contribution in [1.29, 1.82) is 0 Å². The van der Waals surface area contributed by atoms with Gasteiger partial charge in [-0.15, -0.1) is 0 Å². The molecule has 1 atom stereocenters. The van der Waals surface area contributed by atoms with Crippen LogP contribution in [-0.4, -0.2) is 4.92 Å². The molecule has 1 aromatic carbocycles. The minimum Gasteiger partial charge on any atom is -0.558 e. The van der Waals surface area contributed by atoms with Gasteiger partial charge in [0.15, 0.2) is 5.75 Å². The fourth-order valence-electron chi connectivity index (χ4n) is 0.715. The van der Waals surface area contributed by atoms with Gasteiger partial charge in [0.2, 0.25) is 0 Å². The predicted molar refractivity (Wildman–Crippen MR) is 47.3 cm³/mol. The summed E-state index contributed by atoms with van der Waals surface area (Å²) >= 11 is 0. The first-order chi connectivity index (χ1) is 6.09. The zero-order chi connectivity index (χ0) is 9.84. The number of nitrogens with zero attached hydrogens (tertiary/aromatic N) is 1. The zero-order valence-corrected chi connectivity index (χ0v) is 8.14. The third kappa shape index (κ3) is 3.44. The van der Waals surface area contributed by atoms with E-state index in [1.54, 1.807) is 0 Å². The lowest BCUT2D eigenvalue weighted by atomic mass is 10.3. The molecule has 0 aromatic heterocycles. The SMILES string of the molecule is O=[N+]([O-])c1ccc(O[P+](=O)[O-])cc1.[NH4+]. The summed E-state index contributed by atoms with van der Waals surface area (Å²) in [6.07, 6.45) is 0. The largest absolute Gasteiger partial charge is 0.558 e. The predicted octanol–water partition coefficient (Wildman–Crippen LogP) is 1.37. The van der Waals surface area contributed by atoms with Crippen LogP contribution in [0.15, 0.2) is 24.3 Å². The van der Waals surface area contributed by atoms with E-state index in [1.165, 1.54) is 12.1 Å². The molecular formula is C6H8N2O5P+. The summed E-state index contributed by atoms with van der Waals surface area (Å²) in [4.78, 5) is 19.7. The van der Waals surface area contributed by atoms with Gasteiger partial charge in [-0.25, -0.2) is 0 Å². The number of rotatable bonds is 3. The molecule has 14 heavy (non-hydrogen) atoms. The van der Waals surface area contributed by atoms with Crippen molar-refractivity contribution >= 4 is 13.9 Å². The molecule has 1 rings (SSSR count). The quantitative estimate of drug-likeness (QED) is 0.466. The van der Waals surface area contributed by atoms with Crippen molar-refractivity contribution in [3.8, 4) is 5.75 Å². The Balaban J connectivity index is 0.00000169. The van der Waals surface area contributed by atoms with E-state index in [0.717, 1.165) is 12.1 Å². The summed E-state index contributed by atoms with van der Waals surface area (Å²) in [6.45, 7) is 0. The van der Waals surface area contributed by atoms with Gasteiger partial charge in [0.05, 0.1) is 4.92 Å². The van der Waals surface area contributed by atoms with Crippen LogP contribution in [0.4, 0.5) is 5.69 Å². The lowest BCUT2D eigenvalue weighted by molar-refractivity contribution is -0.384. The van der Waals surface area contributed by atoms with Crippen LogP contribution < -0.4 is 15.6 Å². The first-order valence-corrected chi connectivity index (χ1v) is 4.26. The Morgan fingerprint density at radius 2 is 1.79 bits per heavy atom. The van der Waals surface area contributed by atoms with Crippen molar-refractivity contribution in [3.63, 3.8) is 0 Å². The van der Waals surface area contributed by atoms with E-state index in [4.69, 9.17) is 0 Å². The number of non-ortho nitro benzene ring substituents is 1. The highest BCUT2D eigenvalue weighted by atomic mass is 31.1. The van der Waals surface area contributed by atoms with Crippen LogP contribution in [0.2, 0.25) is 0 Å². The third-order valence-corrected chi connectivity index (χ3v) is 1.59. The first kappa shape index (κ1) is 12.4. The molecular weight excluding hydrogens is 211 g/mol. The second-order valence-electron chi connectivity index (χ2n) is 2.07. The molecule has 0 saturated heterocycles. The Morgan fingerprint density at radius 3 is 2.14 bits per heavy atom. The Bertz CT molecular complexity index is 339. The van der Waals surface area contributed by atoms with E-state index in [9.17, 15) is 19.6 Å². The highest BCUT2D eigenvalue weighted by Crippen LogP contribution is 2.22. The summed E-state index contributed by atoms with van der Waals surface area (Å²) in [7, 11) is -2.97. The molecule has 0 bridgehead atoms. The van der Waals surface area contributed by atoms with Crippen LogP contribution in [0.25, 0.3) is 0 Å². The second-order valence-corrected chi connectivity index (χ2v) is 2.70. The maximum absolute atomic E-state index is 10.2. The third-order valence-electron chi connectivity index (χ3n) is 1.23. The lowest BCUT2D eigenvalue weighted by Crippen LogP contribution is -1.93. The van der Waals surface area contributed by atoms with Crippen molar-refractivity contribution in [2.45, 2.75) is 0 Å². The zero-order valence-electron chi connectivity index (χ0n) is 7.25. The summed E-state index contributed by atoms with van der Waals surface area (Å²) in [5, 5.41) is 10.2. The van der Waals surface area contributed by atoms with Crippen LogP contribution in [0.3, 0.4) is 0 Å². The van der Waals surface area contributed by atoms with Crippen molar-refractivity contribution in [2.75, 3.05) is 0 Å². The van der Waals surface area contributed by atoms with Crippen molar-refractivity contribution < 1.29 is 18.9 Å². The van der Waals surface area contributed by atoms with Crippen molar-refractivity contribution in [3.05, 3.63) is 34.4 Å². The fraction of sp³-hybridized carbons (Fsp3) is 0. The van der Waals surface area contributed by atoms with E-state index >= 15 is 0 Å². The van der Waals surface area contributed by atoms with E-state index in [0.29, 0.717) is 0 Å². The summed E-state index contributed by atoms with van der Waals surface area (Å²) in [5.74, 6) is 0.0571. The molecule has 1 aromatic rings. The van der Waals surface area contributed by atoms with Crippen LogP contribution >= 0.6 is 8.25 Å². The Labute approximate surface area is 80.0 Å². The smallest absolute Gasteiger partial charge is 0.539 e. The molecule has 0 spiro atoms. The van der Waals surface area contributed by atoms with Gasteiger partial charge in [-0.05, 0) is 16.7 Å². The summed E-state index contributed by atoms with van der Waals surface area (Å²) in [6, 6.07) is 4.74. The summed E-state index contributed by atoms with van der Waals surface area (Å²) in [5.41, 5.74) is -0.117. The van der Waals surface area contributed by atoms with Crippen molar-refractivity contribution in [2.24, 2.45) is 0 Å². The highest BCUT2D eigenvalue weighted by molar-refractivity contribution is 7.31. The summed E-state index contributed by atoms with van der Waals surface area (Å²) < 4.78 is 14.3. The van der Waals surface area contributed by atoms with Gasteiger partial charge < -0.3 is 11.0 Å². The Hall–Kier alpha value is -1.56. The number of hydrogen-bond acceptors (Lipinski definition) is 5. The second kappa shape index (κ2) is 5.23. The molecule has 7 nitrogen and oxygen atoms in total. The topological polar surface area (TPSA) is 129 Å². The van der Waals surface area contributed by atoms with Gasteiger partial charge in [0.25, 0.3) is 5.69 Å². The molecule has 0 aliphatic rings. The molecule has 1 unspecified atom stereocenters. The minimum absolute atomic E-state index is 0. The number of benzene rings is 1. The number of nitro groups is 1. The lowest BCUT2D eigenvalue weighted by Gasteiger charge is -1.93. The molecule has 0 heterocycles. The van der Waals surface area contributed by atoms with E-state index in [2.05, 4.69) is 4.52 Å². The molecule has 0 saturated carbocycles. The van der Waals surface area contributed by atoms with Gasteiger partial charge in [0.1, 0.15) is 0 Å². The van der Waals surface area contributed by atoms with Gasteiger partial charge >= 0.3 is 8.25 Å². The maximum atomic E-state index is 10.2. The number of nitro benzene ring substituents is 1. The minimum atomic E-state index is -2.97.